The number of pyridine rings is 1. The van der Waals surface area contributed by atoms with Gasteiger partial charge in [0.15, 0.2) is 0 Å². The van der Waals surface area contributed by atoms with E-state index in [2.05, 4.69) is 22.2 Å². The number of carbonyl (C=O) groups excluding carboxylic acids is 1. The zero-order valence-corrected chi connectivity index (χ0v) is 16.8. The van der Waals surface area contributed by atoms with Gasteiger partial charge in [-0.1, -0.05) is 24.3 Å². The van der Waals surface area contributed by atoms with Crippen molar-refractivity contribution in [2.45, 2.75) is 25.8 Å². The number of hydrogen-bond acceptors (Lipinski definition) is 4. The van der Waals surface area contributed by atoms with Crippen LogP contribution in [0, 0.1) is 0 Å². The van der Waals surface area contributed by atoms with Crippen LogP contribution in [0.15, 0.2) is 47.4 Å². The summed E-state index contributed by atoms with van der Waals surface area (Å²) in [5.41, 5.74) is -0.450. The lowest BCUT2D eigenvalue weighted by Gasteiger charge is -2.32. The van der Waals surface area contributed by atoms with Gasteiger partial charge in [0.25, 0.3) is 5.56 Å². The number of benzene rings is 1. The Labute approximate surface area is 172 Å². The Balaban J connectivity index is 1.51. The average Bonchev–Trinajstić information content (AvgIpc) is 2.70. The maximum Gasteiger partial charge on any atom is 0.421 e. The predicted molar refractivity (Wildman–Crippen MR) is 107 cm³/mol. The number of carbonyl (C=O) groups is 1. The molecule has 2 aromatic rings. The van der Waals surface area contributed by atoms with Crippen molar-refractivity contribution in [1.29, 1.82) is 0 Å². The van der Waals surface area contributed by atoms with Crippen molar-refractivity contribution in [1.82, 2.24) is 19.7 Å². The lowest BCUT2D eigenvalue weighted by atomic mass is 10.1. The molecule has 2 heterocycles. The fourth-order valence-electron chi connectivity index (χ4n) is 3.32. The largest absolute Gasteiger partial charge is 0.421 e. The maximum atomic E-state index is 12.8. The number of halogens is 3. The van der Waals surface area contributed by atoms with Gasteiger partial charge in [0.2, 0.25) is 5.91 Å². The minimum absolute atomic E-state index is 0.237. The van der Waals surface area contributed by atoms with Crippen LogP contribution >= 0.6 is 0 Å². The molecule has 1 aliphatic rings. The number of alkyl halides is 3. The molecule has 162 valence electrons. The number of rotatable bonds is 6. The molecule has 0 aliphatic carbocycles. The average molecular weight is 422 g/mol. The second-order valence-electron chi connectivity index (χ2n) is 7.53. The van der Waals surface area contributed by atoms with E-state index in [0.717, 1.165) is 48.9 Å². The summed E-state index contributed by atoms with van der Waals surface area (Å²) in [6.45, 7) is 4.81. The summed E-state index contributed by atoms with van der Waals surface area (Å²) in [5.74, 6) is -0.530. The van der Waals surface area contributed by atoms with Gasteiger partial charge in [-0.15, -0.1) is 0 Å². The highest BCUT2D eigenvalue weighted by atomic mass is 19.4. The highest BCUT2D eigenvalue weighted by Gasteiger charge is 2.34. The number of aromatic nitrogens is 1. The molecule has 1 aromatic carbocycles. The summed E-state index contributed by atoms with van der Waals surface area (Å²) >= 11 is 0. The van der Waals surface area contributed by atoms with Crippen LogP contribution in [0.2, 0.25) is 0 Å². The Morgan fingerprint density at radius 3 is 2.30 bits per heavy atom. The molecule has 0 spiro atoms. The SMILES string of the molecule is CN1CCN(Cc2ccc(CNC(=O)Cn3cccc(C(F)(F)F)c3=O)cc2)CC1. The van der Waals surface area contributed by atoms with Crippen molar-refractivity contribution in [3.8, 4) is 0 Å². The lowest BCUT2D eigenvalue weighted by Crippen LogP contribution is -2.43. The van der Waals surface area contributed by atoms with Crippen LogP contribution in [-0.2, 0) is 30.6 Å². The van der Waals surface area contributed by atoms with E-state index < -0.39 is 29.8 Å². The van der Waals surface area contributed by atoms with Gasteiger partial charge < -0.3 is 14.8 Å². The van der Waals surface area contributed by atoms with Crippen molar-refractivity contribution in [3.63, 3.8) is 0 Å². The third-order valence-electron chi connectivity index (χ3n) is 5.15. The van der Waals surface area contributed by atoms with Crippen molar-refractivity contribution < 1.29 is 18.0 Å². The molecule has 1 aromatic heterocycles. The number of likely N-dealkylation sites (N-methyl/N-ethyl adjacent to an activating group) is 1. The van der Waals surface area contributed by atoms with Crippen LogP contribution in [0.4, 0.5) is 13.2 Å². The Bertz CT molecular complexity index is 917. The Morgan fingerprint density at radius 2 is 1.67 bits per heavy atom. The molecule has 9 heteroatoms. The van der Waals surface area contributed by atoms with E-state index in [9.17, 15) is 22.8 Å². The summed E-state index contributed by atoms with van der Waals surface area (Å²) < 4.78 is 39.2. The van der Waals surface area contributed by atoms with Crippen LogP contribution in [0.1, 0.15) is 16.7 Å². The third-order valence-corrected chi connectivity index (χ3v) is 5.15. The van der Waals surface area contributed by atoms with Gasteiger partial charge in [0, 0.05) is 45.5 Å². The molecule has 0 radical (unpaired) electrons. The second-order valence-corrected chi connectivity index (χ2v) is 7.53. The minimum Gasteiger partial charge on any atom is -0.350 e. The topological polar surface area (TPSA) is 57.6 Å². The van der Waals surface area contributed by atoms with Crippen LogP contribution in [-0.4, -0.2) is 53.5 Å². The molecule has 30 heavy (non-hydrogen) atoms. The van der Waals surface area contributed by atoms with Crippen molar-refractivity contribution >= 4 is 5.91 Å². The molecule has 0 unspecified atom stereocenters. The number of piperazine rings is 1. The van der Waals surface area contributed by atoms with Gasteiger partial charge in [-0.05, 0) is 30.3 Å². The van der Waals surface area contributed by atoms with Crippen LogP contribution in [0.3, 0.4) is 0 Å². The number of nitrogens with one attached hydrogen (secondary N) is 1. The van der Waals surface area contributed by atoms with E-state index >= 15 is 0 Å². The fourth-order valence-corrected chi connectivity index (χ4v) is 3.32. The summed E-state index contributed by atoms with van der Waals surface area (Å²) in [6.07, 6.45) is -3.58. The smallest absolute Gasteiger partial charge is 0.350 e. The van der Waals surface area contributed by atoms with Crippen molar-refractivity contribution in [2.75, 3.05) is 33.2 Å². The molecule has 0 saturated carbocycles. The molecule has 6 nitrogen and oxygen atoms in total. The summed E-state index contributed by atoms with van der Waals surface area (Å²) in [7, 11) is 2.11. The quantitative estimate of drug-likeness (QED) is 0.773. The molecule has 0 atom stereocenters. The van der Waals surface area contributed by atoms with Gasteiger partial charge >= 0.3 is 6.18 Å². The third kappa shape index (κ3) is 5.93. The van der Waals surface area contributed by atoms with Crippen molar-refractivity contribution in [2.24, 2.45) is 0 Å². The monoisotopic (exact) mass is 422 g/mol. The highest BCUT2D eigenvalue weighted by Crippen LogP contribution is 2.25. The second kappa shape index (κ2) is 9.44. The Kier molecular flexibility index (Phi) is 6.94. The standard InChI is InChI=1S/C21H25F3N4O2/c1-26-9-11-27(12-10-26)14-17-6-4-16(5-7-17)13-25-19(29)15-28-8-2-3-18(20(28)30)21(22,23)24/h2-8H,9-15H2,1H3,(H,25,29). The Hall–Kier alpha value is -2.65. The first-order chi connectivity index (χ1) is 14.2. The normalized spacial score (nSPS) is 15.9. The van der Waals surface area contributed by atoms with E-state index in [1.807, 2.05) is 24.3 Å². The zero-order chi connectivity index (χ0) is 21.7. The first-order valence-corrected chi connectivity index (χ1v) is 9.74. The molecule has 1 aliphatic heterocycles. The van der Waals surface area contributed by atoms with Gasteiger partial charge in [-0.3, -0.25) is 14.5 Å². The van der Waals surface area contributed by atoms with Gasteiger partial charge in [-0.2, -0.15) is 13.2 Å². The van der Waals surface area contributed by atoms with E-state index in [0.29, 0.717) is 6.07 Å². The summed E-state index contributed by atoms with van der Waals surface area (Å²) in [5, 5.41) is 2.64. The number of amides is 1. The molecular formula is C21H25F3N4O2. The molecule has 1 fully saturated rings. The summed E-state index contributed by atoms with van der Waals surface area (Å²) in [6, 6.07) is 9.68. The van der Waals surface area contributed by atoms with Gasteiger partial charge in [-0.25, -0.2) is 0 Å². The molecule has 1 amide bonds. The maximum absolute atomic E-state index is 12.8. The van der Waals surface area contributed by atoms with Crippen LogP contribution in [0.5, 0.6) is 0 Å². The highest BCUT2D eigenvalue weighted by molar-refractivity contribution is 5.75. The van der Waals surface area contributed by atoms with Gasteiger partial charge in [0.05, 0.1) is 0 Å². The van der Waals surface area contributed by atoms with E-state index in [-0.39, 0.29) is 6.54 Å². The van der Waals surface area contributed by atoms with Gasteiger partial charge in [0.1, 0.15) is 12.1 Å². The molecule has 3 rings (SSSR count). The van der Waals surface area contributed by atoms with E-state index in [1.165, 1.54) is 11.8 Å². The van der Waals surface area contributed by atoms with Crippen LogP contribution < -0.4 is 10.9 Å². The van der Waals surface area contributed by atoms with Crippen molar-refractivity contribution in [3.05, 3.63) is 69.6 Å². The lowest BCUT2D eigenvalue weighted by molar-refractivity contribution is -0.139. The molecule has 1 saturated heterocycles. The Morgan fingerprint density at radius 1 is 1.03 bits per heavy atom. The van der Waals surface area contributed by atoms with Crippen LogP contribution in [0.25, 0.3) is 0 Å². The molecule has 1 N–H and O–H groups in total. The number of hydrogen-bond donors (Lipinski definition) is 1. The van der Waals surface area contributed by atoms with E-state index in [4.69, 9.17) is 0 Å². The van der Waals surface area contributed by atoms with E-state index in [1.54, 1.807) is 0 Å². The molecular weight excluding hydrogens is 397 g/mol. The predicted octanol–water partition coefficient (Wildman–Crippen LogP) is 1.93. The summed E-state index contributed by atoms with van der Waals surface area (Å²) in [4.78, 5) is 28.7. The molecule has 0 bridgehead atoms. The minimum atomic E-state index is -4.75. The first kappa shape index (κ1) is 22.0. The fraction of sp³-hybridized carbons (Fsp3) is 0.429. The zero-order valence-electron chi connectivity index (χ0n) is 16.8. The first-order valence-electron chi connectivity index (χ1n) is 9.74. The number of nitrogens with zero attached hydrogens (tertiary/aromatic N) is 3.